The molecule has 0 bridgehead atoms. The van der Waals surface area contributed by atoms with Crippen molar-refractivity contribution >= 4 is 31.3 Å². The van der Waals surface area contributed by atoms with Crippen LogP contribution in [-0.4, -0.2) is 33.7 Å². The molecule has 1 unspecified atom stereocenters. The fourth-order valence-electron chi connectivity index (χ4n) is 1.62. The monoisotopic (exact) mass is 324 g/mol. The van der Waals surface area contributed by atoms with Crippen molar-refractivity contribution in [3.05, 3.63) is 24.3 Å². The van der Waals surface area contributed by atoms with Gasteiger partial charge < -0.3 is 0 Å². The zero-order chi connectivity index (χ0) is 14.7. The zero-order valence-corrected chi connectivity index (χ0v) is 13.2. The number of alkyl halides is 1. The summed E-state index contributed by atoms with van der Waals surface area (Å²) in [5.74, 6) is 0.0759. The molecular weight excluding hydrogens is 308 g/mol. The first-order chi connectivity index (χ1) is 8.77. The SMILES string of the molecule is CCS(=O)(=O)c1ccccc1S(=O)(=O)C(C)CCCl. The first kappa shape index (κ1) is 16.5. The maximum atomic E-state index is 12.4. The van der Waals surface area contributed by atoms with Crippen molar-refractivity contribution in [1.82, 2.24) is 0 Å². The van der Waals surface area contributed by atoms with Crippen LogP contribution in [0.3, 0.4) is 0 Å². The standard InChI is InChI=1S/C12H17ClO4S2/c1-3-18(14,15)11-6-4-5-7-12(11)19(16,17)10(2)8-9-13/h4-7,10H,3,8-9H2,1-2H3. The molecule has 0 saturated heterocycles. The third-order valence-electron chi connectivity index (χ3n) is 2.92. The smallest absolute Gasteiger partial charge is 0.182 e. The van der Waals surface area contributed by atoms with Gasteiger partial charge in [0.1, 0.15) is 0 Å². The van der Waals surface area contributed by atoms with Crippen molar-refractivity contribution < 1.29 is 16.8 Å². The van der Waals surface area contributed by atoms with Gasteiger partial charge in [-0.15, -0.1) is 11.6 Å². The minimum absolute atomic E-state index is 0.126. The Bertz CT molecular complexity index is 635. The van der Waals surface area contributed by atoms with Gasteiger partial charge in [-0.1, -0.05) is 19.1 Å². The van der Waals surface area contributed by atoms with E-state index in [-0.39, 0.29) is 27.8 Å². The number of hydrogen-bond acceptors (Lipinski definition) is 4. The highest BCUT2D eigenvalue weighted by atomic mass is 35.5. The lowest BCUT2D eigenvalue weighted by Crippen LogP contribution is -2.21. The third kappa shape index (κ3) is 3.49. The van der Waals surface area contributed by atoms with Gasteiger partial charge in [0.15, 0.2) is 19.7 Å². The molecule has 7 heteroatoms. The molecule has 108 valence electrons. The fraction of sp³-hybridized carbons (Fsp3) is 0.500. The second kappa shape index (κ2) is 6.24. The first-order valence-corrected chi connectivity index (χ1v) is 9.62. The van der Waals surface area contributed by atoms with Crippen molar-refractivity contribution in [2.24, 2.45) is 0 Å². The van der Waals surface area contributed by atoms with Gasteiger partial charge in [0.25, 0.3) is 0 Å². The molecule has 0 N–H and O–H groups in total. The van der Waals surface area contributed by atoms with Gasteiger partial charge in [-0.3, -0.25) is 0 Å². The summed E-state index contributed by atoms with van der Waals surface area (Å²) in [7, 11) is -7.26. The van der Waals surface area contributed by atoms with E-state index in [1.807, 2.05) is 0 Å². The molecular formula is C12H17ClO4S2. The van der Waals surface area contributed by atoms with E-state index >= 15 is 0 Å². The van der Waals surface area contributed by atoms with E-state index < -0.39 is 24.9 Å². The van der Waals surface area contributed by atoms with E-state index in [0.29, 0.717) is 0 Å². The van der Waals surface area contributed by atoms with E-state index in [4.69, 9.17) is 11.6 Å². The Balaban J connectivity index is 3.45. The topological polar surface area (TPSA) is 68.3 Å². The highest BCUT2D eigenvalue weighted by Gasteiger charge is 2.29. The van der Waals surface area contributed by atoms with E-state index in [0.717, 1.165) is 0 Å². The van der Waals surface area contributed by atoms with Crippen molar-refractivity contribution in [1.29, 1.82) is 0 Å². The molecule has 0 aliphatic heterocycles. The number of benzene rings is 1. The second-order valence-corrected chi connectivity index (χ2v) is 9.14. The van der Waals surface area contributed by atoms with Gasteiger partial charge in [0, 0.05) is 5.88 Å². The Labute approximate surface area is 119 Å². The number of hydrogen-bond donors (Lipinski definition) is 0. The van der Waals surface area contributed by atoms with Crippen molar-refractivity contribution in [3.8, 4) is 0 Å². The lowest BCUT2D eigenvalue weighted by atomic mass is 10.4. The number of halogens is 1. The Kier molecular flexibility index (Phi) is 5.41. The van der Waals surface area contributed by atoms with Gasteiger partial charge in [-0.2, -0.15) is 0 Å². The molecule has 1 aromatic carbocycles. The summed E-state index contributed by atoms with van der Waals surface area (Å²) in [6, 6.07) is 5.71. The zero-order valence-electron chi connectivity index (χ0n) is 10.8. The average Bonchev–Trinajstić information content (AvgIpc) is 2.39. The van der Waals surface area contributed by atoms with Crippen molar-refractivity contribution in [2.75, 3.05) is 11.6 Å². The van der Waals surface area contributed by atoms with Crippen LogP contribution in [0.15, 0.2) is 34.1 Å². The van der Waals surface area contributed by atoms with Gasteiger partial charge in [-0.25, -0.2) is 16.8 Å². The van der Waals surface area contributed by atoms with Gasteiger partial charge >= 0.3 is 0 Å². The van der Waals surface area contributed by atoms with E-state index in [9.17, 15) is 16.8 Å². The molecule has 1 atom stereocenters. The Morgan fingerprint density at radius 1 is 1.11 bits per heavy atom. The molecule has 4 nitrogen and oxygen atoms in total. The average molecular weight is 325 g/mol. The van der Waals surface area contributed by atoms with Crippen LogP contribution >= 0.6 is 11.6 Å². The molecule has 0 aliphatic rings. The maximum Gasteiger partial charge on any atom is 0.182 e. The summed E-state index contributed by atoms with van der Waals surface area (Å²) in [6.45, 7) is 3.02. The van der Waals surface area contributed by atoms with Gasteiger partial charge in [-0.05, 0) is 25.5 Å². The Morgan fingerprint density at radius 3 is 2.11 bits per heavy atom. The summed E-state index contributed by atoms with van der Waals surface area (Å²) in [5, 5.41) is -0.710. The van der Waals surface area contributed by atoms with E-state index in [2.05, 4.69) is 0 Å². The van der Waals surface area contributed by atoms with Crippen LogP contribution in [0.1, 0.15) is 20.3 Å². The molecule has 19 heavy (non-hydrogen) atoms. The first-order valence-electron chi connectivity index (χ1n) is 5.89. The summed E-state index contributed by atoms with van der Waals surface area (Å²) in [6.07, 6.45) is 0.282. The minimum atomic E-state index is -3.69. The Morgan fingerprint density at radius 2 is 1.63 bits per heavy atom. The molecule has 0 heterocycles. The largest absolute Gasteiger partial charge is 0.224 e. The van der Waals surface area contributed by atoms with Crippen LogP contribution in [0.4, 0.5) is 0 Å². The van der Waals surface area contributed by atoms with Crippen LogP contribution in [0.5, 0.6) is 0 Å². The molecule has 0 aromatic heterocycles. The molecule has 1 rings (SSSR count). The summed E-state index contributed by atoms with van der Waals surface area (Å²) < 4.78 is 48.7. The van der Waals surface area contributed by atoms with Crippen LogP contribution in [0, 0.1) is 0 Å². The molecule has 0 amide bonds. The molecule has 0 spiro atoms. The van der Waals surface area contributed by atoms with Crippen LogP contribution in [0.25, 0.3) is 0 Å². The molecule has 0 fully saturated rings. The van der Waals surface area contributed by atoms with E-state index in [1.165, 1.54) is 38.1 Å². The fourth-order valence-corrected chi connectivity index (χ4v) is 5.26. The highest BCUT2D eigenvalue weighted by Crippen LogP contribution is 2.26. The maximum absolute atomic E-state index is 12.4. The van der Waals surface area contributed by atoms with Gasteiger partial charge in [0.2, 0.25) is 0 Å². The molecule has 0 saturated carbocycles. The van der Waals surface area contributed by atoms with E-state index in [1.54, 1.807) is 0 Å². The quantitative estimate of drug-likeness (QED) is 0.753. The van der Waals surface area contributed by atoms with Crippen LogP contribution in [0.2, 0.25) is 0 Å². The predicted molar refractivity (Wildman–Crippen MR) is 76.2 cm³/mol. The number of rotatable bonds is 6. The molecule has 1 aromatic rings. The molecule has 0 aliphatic carbocycles. The lowest BCUT2D eigenvalue weighted by Gasteiger charge is -2.14. The second-order valence-electron chi connectivity index (χ2n) is 4.18. The summed E-state index contributed by atoms with van der Waals surface area (Å²) in [5.41, 5.74) is 0. The minimum Gasteiger partial charge on any atom is -0.224 e. The predicted octanol–water partition coefficient (Wildman–Crippen LogP) is 2.27. The lowest BCUT2D eigenvalue weighted by molar-refractivity contribution is 0.573. The third-order valence-corrected chi connectivity index (χ3v) is 7.31. The Hall–Kier alpha value is -0.590. The summed E-state index contributed by atoms with van der Waals surface area (Å²) in [4.78, 5) is -0.256. The molecule has 0 radical (unpaired) electrons. The van der Waals surface area contributed by atoms with Gasteiger partial charge in [0.05, 0.1) is 20.8 Å². The van der Waals surface area contributed by atoms with Crippen LogP contribution < -0.4 is 0 Å². The summed E-state index contributed by atoms with van der Waals surface area (Å²) >= 11 is 5.56. The number of sulfone groups is 2. The van der Waals surface area contributed by atoms with Crippen molar-refractivity contribution in [3.63, 3.8) is 0 Å². The highest BCUT2D eigenvalue weighted by molar-refractivity contribution is 7.94. The van der Waals surface area contributed by atoms with Crippen LogP contribution in [-0.2, 0) is 19.7 Å². The van der Waals surface area contributed by atoms with Crippen molar-refractivity contribution in [2.45, 2.75) is 35.3 Å². The normalized spacial score (nSPS) is 14.3.